The third-order valence-electron chi connectivity index (χ3n) is 2.57. The van der Waals surface area contributed by atoms with Gasteiger partial charge in [0.05, 0.1) is 13.0 Å². The van der Waals surface area contributed by atoms with Crippen molar-refractivity contribution in [1.29, 1.82) is 0 Å². The largest absolute Gasteiger partial charge is 0.480 e. The molecule has 0 aromatic heterocycles. The van der Waals surface area contributed by atoms with E-state index in [-0.39, 0.29) is 6.61 Å². The molecular formula is C13H16N2O5. The van der Waals surface area contributed by atoms with Gasteiger partial charge >= 0.3 is 5.97 Å². The van der Waals surface area contributed by atoms with E-state index in [4.69, 9.17) is 15.6 Å². The van der Waals surface area contributed by atoms with Crippen molar-refractivity contribution < 1.29 is 24.2 Å². The number of hydrogen-bond acceptors (Lipinski definition) is 4. The number of rotatable bonds is 7. The van der Waals surface area contributed by atoms with Gasteiger partial charge in [-0.1, -0.05) is 18.2 Å². The molecular weight excluding hydrogens is 264 g/mol. The Balaban J connectivity index is 2.88. The van der Waals surface area contributed by atoms with E-state index in [0.29, 0.717) is 11.1 Å². The van der Waals surface area contributed by atoms with E-state index in [1.54, 1.807) is 24.3 Å². The number of carbonyl (C=O) groups excluding carboxylic acids is 2. The predicted molar refractivity (Wildman–Crippen MR) is 69.9 cm³/mol. The van der Waals surface area contributed by atoms with Crippen LogP contribution in [0.5, 0.6) is 0 Å². The highest BCUT2D eigenvalue weighted by atomic mass is 16.5. The summed E-state index contributed by atoms with van der Waals surface area (Å²) in [5.41, 5.74) is 5.87. The summed E-state index contributed by atoms with van der Waals surface area (Å²) in [4.78, 5) is 33.8. The molecule has 0 radical (unpaired) electrons. The van der Waals surface area contributed by atoms with Gasteiger partial charge in [-0.2, -0.15) is 0 Å². The molecule has 0 unspecified atom stereocenters. The van der Waals surface area contributed by atoms with Gasteiger partial charge in [-0.25, -0.2) is 4.79 Å². The van der Waals surface area contributed by atoms with Crippen LogP contribution in [0.15, 0.2) is 24.3 Å². The lowest BCUT2D eigenvalue weighted by molar-refractivity contribution is -0.140. The highest BCUT2D eigenvalue weighted by Gasteiger charge is 2.23. The van der Waals surface area contributed by atoms with E-state index in [1.807, 2.05) is 0 Å². The summed E-state index contributed by atoms with van der Waals surface area (Å²) in [5, 5.41) is 11.2. The number of primary amides is 1. The number of nitrogens with one attached hydrogen (secondary N) is 1. The fraction of sp³-hybridized carbons (Fsp3) is 0.308. The first-order chi connectivity index (χ1) is 9.45. The van der Waals surface area contributed by atoms with Crippen LogP contribution >= 0.6 is 0 Å². The zero-order valence-corrected chi connectivity index (χ0v) is 11.0. The van der Waals surface area contributed by atoms with Crippen LogP contribution in [0.3, 0.4) is 0 Å². The predicted octanol–water partition coefficient (Wildman–Crippen LogP) is -0.109. The molecule has 20 heavy (non-hydrogen) atoms. The maximum absolute atomic E-state index is 12.1. The molecule has 0 aliphatic carbocycles. The van der Waals surface area contributed by atoms with Crippen molar-refractivity contribution in [2.24, 2.45) is 5.73 Å². The van der Waals surface area contributed by atoms with Gasteiger partial charge in [0.1, 0.15) is 6.04 Å². The van der Waals surface area contributed by atoms with Gasteiger partial charge in [0.2, 0.25) is 5.91 Å². The minimum Gasteiger partial charge on any atom is -0.480 e. The number of carbonyl (C=O) groups is 3. The molecule has 0 saturated carbocycles. The van der Waals surface area contributed by atoms with Gasteiger partial charge in [0, 0.05) is 12.7 Å². The number of aliphatic carboxylic acids is 1. The first-order valence-electron chi connectivity index (χ1n) is 5.84. The average Bonchev–Trinajstić information content (AvgIpc) is 2.38. The number of benzene rings is 1. The summed E-state index contributed by atoms with van der Waals surface area (Å²) in [5.74, 6) is -2.71. The smallest absolute Gasteiger partial charge is 0.326 e. The summed E-state index contributed by atoms with van der Waals surface area (Å²) in [6, 6.07) is 5.28. The summed E-state index contributed by atoms with van der Waals surface area (Å²) in [7, 11) is 1.49. The second-order valence-corrected chi connectivity index (χ2v) is 4.12. The van der Waals surface area contributed by atoms with E-state index in [2.05, 4.69) is 5.32 Å². The zero-order chi connectivity index (χ0) is 15.1. The molecule has 0 saturated heterocycles. The van der Waals surface area contributed by atoms with E-state index in [9.17, 15) is 14.4 Å². The molecule has 4 N–H and O–H groups in total. The summed E-state index contributed by atoms with van der Waals surface area (Å²) in [6.07, 6.45) is -0.465. The molecule has 7 nitrogen and oxygen atoms in total. The monoisotopic (exact) mass is 280 g/mol. The number of methoxy groups -OCH3 is 1. The van der Waals surface area contributed by atoms with Crippen LogP contribution in [0.25, 0.3) is 0 Å². The highest BCUT2D eigenvalue weighted by molar-refractivity contribution is 5.98. The molecule has 0 bridgehead atoms. The van der Waals surface area contributed by atoms with Crippen molar-refractivity contribution in [3.05, 3.63) is 35.4 Å². The van der Waals surface area contributed by atoms with Crippen molar-refractivity contribution in [3.63, 3.8) is 0 Å². The Kier molecular flexibility index (Phi) is 5.67. The standard InChI is InChI=1S/C13H16N2O5/c1-20-7-8-4-2-3-5-9(8)12(17)15-10(13(18)19)6-11(14)16/h2-5,10H,6-7H2,1H3,(H2,14,16)(H,15,17)(H,18,19)/t10-/m1/s1. The van der Waals surface area contributed by atoms with E-state index in [1.165, 1.54) is 7.11 Å². The number of carboxylic acid groups (broad SMARTS) is 1. The number of nitrogens with two attached hydrogens (primary N) is 1. The van der Waals surface area contributed by atoms with E-state index >= 15 is 0 Å². The fourth-order valence-electron chi connectivity index (χ4n) is 1.66. The van der Waals surface area contributed by atoms with Gasteiger partial charge in [0.15, 0.2) is 0 Å². The van der Waals surface area contributed by atoms with Gasteiger partial charge in [-0.05, 0) is 11.6 Å². The van der Waals surface area contributed by atoms with Gasteiger partial charge in [-0.3, -0.25) is 9.59 Å². The first kappa shape index (κ1) is 15.6. The van der Waals surface area contributed by atoms with Crippen molar-refractivity contribution in [1.82, 2.24) is 5.32 Å². The van der Waals surface area contributed by atoms with Crippen LogP contribution in [-0.4, -0.2) is 36.0 Å². The first-order valence-corrected chi connectivity index (χ1v) is 5.84. The zero-order valence-electron chi connectivity index (χ0n) is 11.0. The van der Waals surface area contributed by atoms with Crippen LogP contribution in [0, 0.1) is 0 Å². The molecule has 0 spiro atoms. The van der Waals surface area contributed by atoms with Crippen LogP contribution in [-0.2, 0) is 20.9 Å². The summed E-state index contributed by atoms with van der Waals surface area (Å²) >= 11 is 0. The maximum atomic E-state index is 12.1. The van der Waals surface area contributed by atoms with E-state index in [0.717, 1.165) is 0 Å². The Labute approximate surface area is 115 Å². The topological polar surface area (TPSA) is 119 Å². The minimum atomic E-state index is -1.35. The fourth-order valence-corrected chi connectivity index (χ4v) is 1.66. The normalized spacial score (nSPS) is 11.7. The summed E-state index contributed by atoms with van der Waals surface area (Å²) < 4.78 is 4.97. The molecule has 0 aliphatic rings. The van der Waals surface area contributed by atoms with Crippen molar-refractivity contribution in [3.8, 4) is 0 Å². The van der Waals surface area contributed by atoms with Crippen LogP contribution in [0.4, 0.5) is 0 Å². The third-order valence-corrected chi connectivity index (χ3v) is 2.57. The van der Waals surface area contributed by atoms with Crippen molar-refractivity contribution in [2.75, 3.05) is 7.11 Å². The van der Waals surface area contributed by atoms with Gasteiger partial charge < -0.3 is 20.9 Å². The molecule has 1 atom stereocenters. The lowest BCUT2D eigenvalue weighted by Crippen LogP contribution is -2.43. The van der Waals surface area contributed by atoms with Crippen molar-refractivity contribution >= 4 is 17.8 Å². The molecule has 2 amide bonds. The Bertz CT molecular complexity index is 515. The number of ether oxygens (including phenoxy) is 1. The van der Waals surface area contributed by atoms with Gasteiger partial charge in [0.25, 0.3) is 5.91 Å². The molecule has 0 fully saturated rings. The third kappa shape index (κ3) is 4.36. The second-order valence-electron chi connectivity index (χ2n) is 4.12. The van der Waals surface area contributed by atoms with Crippen molar-refractivity contribution in [2.45, 2.75) is 19.1 Å². The molecule has 1 aromatic rings. The molecule has 1 rings (SSSR count). The van der Waals surface area contributed by atoms with Crippen LogP contribution in [0.2, 0.25) is 0 Å². The lowest BCUT2D eigenvalue weighted by Gasteiger charge is -2.14. The average molecular weight is 280 g/mol. The van der Waals surface area contributed by atoms with Crippen LogP contribution in [0.1, 0.15) is 22.3 Å². The molecule has 0 aliphatic heterocycles. The maximum Gasteiger partial charge on any atom is 0.326 e. The van der Waals surface area contributed by atoms with E-state index < -0.39 is 30.2 Å². The molecule has 108 valence electrons. The Morgan fingerprint density at radius 1 is 1.35 bits per heavy atom. The quantitative estimate of drug-likeness (QED) is 0.644. The number of hydrogen-bond donors (Lipinski definition) is 3. The Hall–Kier alpha value is -2.41. The van der Waals surface area contributed by atoms with Crippen LogP contribution < -0.4 is 11.1 Å². The minimum absolute atomic E-state index is 0.219. The number of carboxylic acids is 1. The lowest BCUT2D eigenvalue weighted by atomic mass is 10.1. The summed E-state index contributed by atoms with van der Waals surface area (Å²) in [6.45, 7) is 0.219. The SMILES string of the molecule is COCc1ccccc1C(=O)N[C@H](CC(N)=O)C(=O)O. The number of amides is 2. The molecule has 1 aromatic carbocycles. The Morgan fingerprint density at radius 2 is 2.00 bits per heavy atom. The molecule has 7 heteroatoms. The highest BCUT2D eigenvalue weighted by Crippen LogP contribution is 2.10. The second kappa shape index (κ2) is 7.25. The van der Waals surface area contributed by atoms with Gasteiger partial charge in [-0.15, -0.1) is 0 Å². The Morgan fingerprint density at radius 3 is 2.55 bits per heavy atom. The molecule has 0 heterocycles.